The number of aryl methyl sites for hydroxylation is 1. The van der Waals surface area contributed by atoms with E-state index in [0.717, 1.165) is 16.3 Å². The van der Waals surface area contributed by atoms with Crippen LogP contribution >= 0.6 is 11.3 Å². The summed E-state index contributed by atoms with van der Waals surface area (Å²) in [6.07, 6.45) is 0.236. The highest BCUT2D eigenvalue weighted by molar-refractivity contribution is 7.13. The molecule has 0 saturated heterocycles. The summed E-state index contributed by atoms with van der Waals surface area (Å²) < 4.78 is 5.24. The standard InChI is InChI=1S/C19H18N2O2S/c1-13-6-5-7-14(10-13)19-20-15(12-24-19)11-18(22)21-16-8-3-4-9-17(16)23-2/h3-10,12H,11H2,1-2H3,(H,21,22). The molecule has 4 nitrogen and oxygen atoms in total. The maximum Gasteiger partial charge on any atom is 0.230 e. The summed E-state index contributed by atoms with van der Waals surface area (Å²) in [6, 6.07) is 15.5. The molecule has 0 unspecified atom stereocenters. The number of ether oxygens (including phenoxy) is 1. The Bertz CT molecular complexity index is 858. The second kappa shape index (κ2) is 7.27. The highest BCUT2D eigenvalue weighted by Gasteiger charge is 2.11. The molecule has 1 amide bonds. The van der Waals surface area contributed by atoms with Gasteiger partial charge in [-0.25, -0.2) is 4.98 Å². The van der Waals surface area contributed by atoms with Crippen LogP contribution in [0.5, 0.6) is 5.75 Å². The Morgan fingerprint density at radius 2 is 2.04 bits per heavy atom. The first-order chi connectivity index (χ1) is 11.7. The summed E-state index contributed by atoms with van der Waals surface area (Å²) in [4.78, 5) is 16.8. The molecule has 5 heteroatoms. The van der Waals surface area contributed by atoms with Crippen molar-refractivity contribution >= 4 is 22.9 Å². The van der Waals surface area contributed by atoms with E-state index in [2.05, 4.69) is 29.4 Å². The number of carbonyl (C=O) groups is 1. The molecule has 0 bridgehead atoms. The first kappa shape index (κ1) is 16.2. The average Bonchev–Trinajstić information content (AvgIpc) is 3.03. The van der Waals surface area contributed by atoms with Gasteiger partial charge in [-0.05, 0) is 25.1 Å². The zero-order chi connectivity index (χ0) is 16.9. The number of methoxy groups -OCH3 is 1. The third kappa shape index (κ3) is 3.81. The quantitative estimate of drug-likeness (QED) is 0.754. The van der Waals surface area contributed by atoms with Crippen molar-refractivity contribution < 1.29 is 9.53 Å². The van der Waals surface area contributed by atoms with E-state index >= 15 is 0 Å². The number of hydrogen-bond acceptors (Lipinski definition) is 4. The van der Waals surface area contributed by atoms with Crippen molar-refractivity contribution in [3.63, 3.8) is 0 Å². The van der Waals surface area contributed by atoms with Crippen molar-refractivity contribution in [2.75, 3.05) is 12.4 Å². The molecule has 0 aliphatic rings. The Balaban J connectivity index is 1.69. The van der Waals surface area contributed by atoms with Gasteiger partial charge in [-0.1, -0.05) is 35.9 Å². The van der Waals surface area contributed by atoms with Gasteiger partial charge in [0, 0.05) is 10.9 Å². The van der Waals surface area contributed by atoms with Crippen LogP contribution in [-0.2, 0) is 11.2 Å². The Labute approximate surface area is 145 Å². The number of aromatic nitrogens is 1. The largest absolute Gasteiger partial charge is 0.495 e. The lowest BCUT2D eigenvalue weighted by Crippen LogP contribution is -2.15. The molecule has 0 aliphatic carbocycles. The van der Waals surface area contributed by atoms with Gasteiger partial charge in [-0.15, -0.1) is 11.3 Å². The monoisotopic (exact) mass is 338 g/mol. The van der Waals surface area contributed by atoms with Gasteiger partial charge < -0.3 is 10.1 Å². The fourth-order valence-electron chi connectivity index (χ4n) is 2.41. The summed E-state index contributed by atoms with van der Waals surface area (Å²) >= 11 is 1.55. The molecule has 0 saturated carbocycles. The zero-order valence-electron chi connectivity index (χ0n) is 13.6. The van der Waals surface area contributed by atoms with Crippen molar-refractivity contribution in [2.45, 2.75) is 13.3 Å². The number of hydrogen-bond donors (Lipinski definition) is 1. The summed E-state index contributed by atoms with van der Waals surface area (Å²) in [5.74, 6) is 0.533. The van der Waals surface area contributed by atoms with Crippen LogP contribution in [0.4, 0.5) is 5.69 Å². The average molecular weight is 338 g/mol. The second-order valence-corrected chi connectivity index (χ2v) is 6.30. The van der Waals surface area contributed by atoms with Crippen LogP contribution in [-0.4, -0.2) is 18.0 Å². The Hall–Kier alpha value is -2.66. The van der Waals surface area contributed by atoms with E-state index in [4.69, 9.17) is 4.74 Å². The van der Waals surface area contributed by atoms with Crippen LogP contribution in [0, 0.1) is 6.92 Å². The van der Waals surface area contributed by atoms with E-state index in [1.165, 1.54) is 5.56 Å². The van der Waals surface area contributed by atoms with Crippen LogP contribution in [0.3, 0.4) is 0 Å². The number of nitrogens with one attached hydrogen (secondary N) is 1. The third-order valence-corrected chi connectivity index (χ3v) is 4.48. The predicted octanol–water partition coefficient (Wildman–Crippen LogP) is 4.31. The van der Waals surface area contributed by atoms with Gasteiger partial charge in [0.1, 0.15) is 10.8 Å². The highest BCUT2D eigenvalue weighted by Crippen LogP contribution is 2.26. The first-order valence-electron chi connectivity index (χ1n) is 7.60. The lowest BCUT2D eigenvalue weighted by molar-refractivity contribution is -0.115. The SMILES string of the molecule is COc1ccccc1NC(=O)Cc1csc(-c2cccc(C)c2)n1. The molecule has 122 valence electrons. The number of nitrogens with zero attached hydrogens (tertiary/aromatic N) is 1. The molecule has 1 aromatic heterocycles. The molecule has 0 aliphatic heterocycles. The lowest BCUT2D eigenvalue weighted by Gasteiger charge is -2.09. The summed E-state index contributed by atoms with van der Waals surface area (Å²) in [5.41, 5.74) is 3.71. The van der Waals surface area contributed by atoms with E-state index in [0.29, 0.717) is 11.4 Å². The minimum Gasteiger partial charge on any atom is -0.495 e. The van der Waals surface area contributed by atoms with Crippen molar-refractivity contribution in [3.8, 4) is 16.3 Å². The van der Waals surface area contributed by atoms with Gasteiger partial charge in [-0.3, -0.25) is 4.79 Å². The molecule has 0 spiro atoms. The molecule has 24 heavy (non-hydrogen) atoms. The van der Waals surface area contributed by atoms with Crippen molar-refractivity contribution in [1.82, 2.24) is 4.98 Å². The minimum absolute atomic E-state index is 0.111. The predicted molar refractivity (Wildman–Crippen MR) is 97.6 cm³/mol. The lowest BCUT2D eigenvalue weighted by atomic mass is 10.1. The maximum atomic E-state index is 12.2. The number of para-hydroxylation sites is 2. The Morgan fingerprint density at radius 3 is 2.83 bits per heavy atom. The van der Waals surface area contributed by atoms with E-state index < -0.39 is 0 Å². The van der Waals surface area contributed by atoms with Crippen LogP contribution in [0.15, 0.2) is 53.9 Å². The molecular weight excluding hydrogens is 320 g/mol. The molecule has 0 fully saturated rings. The molecule has 0 atom stereocenters. The van der Waals surface area contributed by atoms with E-state index in [-0.39, 0.29) is 12.3 Å². The Kier molecular flexibility index (Phi) is 4.91. The fraction of sp³-hybridized carbons (Fsp3) is 0.158. The second-order valence-electron chi connectivity index (χ2n) is 5.44. The minimum atomic E-state index is -0.111. The van der Waals surface area contributed by atoms with E-state index in [1.54, 1.807) is 18.4 Å². The molecular formula is C19H18N2O2S. The molecule has 3 aromatic rings. The van der Waals surface area contributed by atoms with Gasteiger partial charge in [0.2, 0.25) is 5.91 Å². The molecule has 1 heterocycles. The molecule has 1 N–H and O–H groups in total. The number of amides is 1. The van der Waals surface area contributed by atoms with Crippen LogP contribution < -0.4 is 10.1 Å². The van der Waals surface area contributed by atoms with E-state index in [1.807, 2.05) is 41.8 Å². The number of rotatable bonds is 5. The highest BCUT2D eigenvalue weighted by atomic mass is 32.1. The van der Waals surface area contributed by atoms with Crippen LogP contribution in [0.1, 0.15) is 11.3 Å². The van der Waals surface area contributed by atoms with Gasteiger partial charge in [-0.2, -0.15) is 0 Å². The molecule has 3 rings (SSSR count). The maximum absolute atomic E-state index is 12.2. The van der Waals surface area contributed by atoms with Crippen molar-refractivity contribution in [3.05, 3.63) is 65.2 Å². The van der Waals surface area contributed by atoms with Crippen LogP contribution in [0.2, 0.25) is 0 Å². The van der Waals surface area contributed by atoms with Crippen molar-refractivity contribution in [2.24, 2.45) is 0 Å². The molecule has 2 aromatic carbocycles. The number of anilines is 1. The smallest absolute Gasteiger partial charge is 0.230 e. The topological polar surface area (TPSA) is 51.2 Å². The van der Waals surface area contributed by atoms with Gasteiger partial charge in [0.15, 0.2) is 0 Å². The number of thiazole rings is 1. The first-order valence-corrected chi connectivity index (χ1v) is 8.48. The van der Waals surface area contributed by atoms with Crippen LogP contribution in [0.25, 0.3) is 10.6 Å². The number of carbonyl (C=O) groups excluding carboxylic acids is 1. The number of benzene rings is 2. The van der Waals surface area contributed by atoms with Gasteiger partial charge in [0.05, 0.1) is 24.9 Å². The summed E-state index contributed by atoms with van der Waals surface area (Å²) in [5, 5.41) is 5.73. The van der Waals surface area contributed by atoms with Gasteiger partial charge >= 0.3 is 0 Å². The zero-order valence-corrected chi connectivity index (χ0v) is 14.4. The summed E-state index contributed by atoms with van der Waals surface area (Å²) in [7, 11) is 1.58. The fourth-order valence-corrected chi connectivity index (χ4v) is 3.22. The van der Waals surface area contributed by atoms with Gasteiger partial charge in [0.25, 0.3) is 0 Å². The normalized spacial score (nSPS) is 10.4. The summed E-state index contributed by atoms with van der Waals surface area (Å²) in [6.45, 7) is 2.05. The molecule has 0 radical (unpaired) electrons. The Morgan fingerprint density at radius 1 is 1.21 bits per heavy atom. The van der Waals surface area contributed by atoms with E-state index in [9.17, 15) is 4.79 Å². The third-order valence-electron chi connectivity index (χ3n) is 3.54. The van der Waals surface area contributed by atoms with Crippen molar-refractivity contribution in [1.29, 1.82) is 0 Å².